The van der Waals surface area contributed by atoms with Crippen molar-refractivity contribution >= 4 is 11.6 Å². The molecule has 2 aromatic rings. The second-order valence-corrected chi connectivity index (χ2v) is 5.34. The lowest BCUT2D eigenvalue weighted by Gasteiger charge is -2.11. The number of alkyl halides is 3. The number of carbonyl (C=O) groups excluding carboxylic acids is 1. The smallest absolute Gasteiger partial charge is 0.416 e. The Morgan fingerprint density at radius 1 is 1.08 bits per heavy atom. The van der Waals surface area contributed by atoms with Crippen molar-refractivity contribution in [2.75, 3.05) is 19.0 Å². The first kappa shape index (κ1) is 18.6. The van der Waals surface area contributed by atoms with Gasteiger partial charge in [-0.2, -0.15) is 13.2 Å². The van der Waals surface area contributed by atoms with Gasteiger partial charge in [0, 0.05) is 30.8 Å². The Balaban J connectivity index is 1.75. The SMILES string of the molecule is COc1ccccc1CNC(=O)CCNc1ccc(C(F)(F)F)cc1. The van der Waals surface area contributed by atoms with Gasteiger partial charge in [0.25, 0.3) is 0 Å². The van der Waals surface area contributed by atoms with E-state index in [1.165, 1.54) is 12.1 Å². The maximum Gasteiger partial charge on any atom is 0.416 e. The maximum atomic E-state index is 12.5. The molecule has 1 amide bonds. The van der Waals surface area contributed by atoms with E-state index in [0.717, 1.165) is 17.7 Å². The van der Waals surface area contributed by atoms with Gasteiger partial charge in [-0.3, -0.25) is 4.79 Å². The summed E-state index contributed by atoms with van der Waals surface area (Å²) in [5.74, 6) is 0.538. The average Bonchev–Trinajstić information content (AvgIpc) is 2.60. The van der Waals surface area contributed by atoms with Crippen molar-refractivity contribution in [2.45, 2.75) is 19.1 Å². The monoisotopic (exact) mass is 352 g/mol. The van der Waals surface area contributed by atoms with Crippen molar-refractivity contribution in [3.8, 4) is 5.75 Å². The van der Waals surface area contributed by atoms with Gasteiger partial charge >= 0.3 is 6.18 Å². The highest BCUT2D eigenvalue weighted by Crippen LogP contribution is 2.29. The molecular weight excluding hydrogens is 333 g/mol. The van der Waals surface area contributed by atoms with E-state index in [1.54, 1.807) is 7.11 Å². The Morgan fingerprint density at radius 3 is 2.40 bits per heavy atom. The van der Waals surface area contributed by atoms with Gasteiger partial charge in [-0.1, -0.05) is 18.2 Å². The second kappa shape index (κ2) is 8.41. The molecule has 0 saturated carbocycles. The predicted molar refractivity (Wildman–Crippen MR) is 89.4 cm³/mol. The third-order valence-corrected chi connectivity index (χ3v) is 3.56. The molecule has 2 N–H and O–H groups in total. The molecule has 0 bridgehead atoms. The average molecular weight is 352 g/mol. The lowest BCUT2D eigenvalue weighted by molar-refractivity contribution is -0.137. The Bertz CT molecular complexity index is 700. The topological polar surface area (TPSA) is 50.4 Å². The van der Waals surface area contributed by atoms with Crippen molar-refractivity contribution in [1.82, 2.24) is 5.32 Å². The zero-order valence-corrected chi connectivity index (χ0v) is 13.7. The number of anilines is 1. The molecule has 0 heterocycles. The molecule has 0 aromatic heterocycles. The molecule has 0 aliphatic rings. The molecule has 25 heavy (non-hydrogen) atoms. The van der Waals surface area contributed by atoms with E-state index in [4.69, 9.17) is 4.74 Å². The van der Waals surface area contributed by atoms with Gasteiger partial charge in [0.2, 0.25) is 5.91 Å². The summed E-state index contributed by atoms with van der Waals surface area (Å²) < 4.78 is 42.6. The normalized spacial score (nSPS) is 11.0. The van der Waals surface area contributed by atoms with E-state index in [2.05, 4.69) is 10.6 Å². The van der Waals surface area contributed by atoms with Crippen LogP contribution < -0.4 is 15.4 Å². The summed E-state index contributed by atoms with van der Waals surface area (Å²) in [6, 6.07) is 12.1. The molecule has 2 rings (SSSR count). The summed E-state index contributed by atoms with van der Waals surface area (Å²) in [7, 11) is 1.56. The summed E-state index contributed by atoms with van der Waals surface area (Å²) in [6.07, 6.45) is -4.15. The zero-order valence-electron chi connectivity index (χ0n) is 13.7. The van der Waals surface area contributed by atoms with Crippen LogP contribution >= 0.6 is 0 Å². The molecule has 0 radical (unpaired) electrons. The lowest BCUT2D eigenvalue weighted by atomic mass is 10.2. The predicted octanol–water partition coefficient (Wildman–Crippen LogP) is 3.83. The van der Waals surface area contributed by atoms with Crippen LogP contribution in [-0.2, 0) is 17.5 Å². The highest BCUT2D eigenvalue weighted by Gasteiger charge is 2.29. The Hall–Kier alpha value is -2.70. The number of halogens is 3. The van der Waals surface area contributed by atoms with Gasteiger partial charge < -0.3 is 15.4 Å². The number of para-hydroxylation sites is 1. The number of rotatable bonds is 7. The Labute approximate surface area is 144 Å². The van der Waals surface area contributed by atoms with Gasteiger partial charge in [-0.15, -0.1) is 0 Å². The molecule has 0 unspecified atom stereocenters. The molecule has 0 spiro atoms. The fraction of sp³-hybridized carbons (Fsp3) is 0.278. The van der Waals surface area contributed by atoms with E-state index >= 15 is 0 Å². The van der Waals surface area contributed by atoms with Crippen molar-refractivity contribution in [3.63, 3.8) is 0 Å². The van der Waals surface area contributed by atoms with Crippen LogP contribution in [0.4, 0.5) is 18.9 Å². The number of carbonyl (C=O) groups is 1. The van der Waals surface area contributed by atoms with E-state index < -0.39 is 11.7 Å². The number of nitrogens with one attached hydrogen (secondary N) is 2. The second-order valence-electron chi connectivity index (χ2n) is 5.34. The summed E-state index contributed by atoms with van der Waals surface area (Å²) in [5, 5.41) is 5.70. The lowest BCUT2D eigenvalue weighted by Crippen LogP contribution is -2.25. The standard InChI is InChI=1S/C18H19F3N2O2/c1-25-16-5-3-2-4-13(16)12-23-17(24)10-11-22-15-8-6-14(7-9-15)18(19,20)21/h2-9,22H,10-12H2,1H3,(H,23,24). The van der Waals surface area contributed by atoms with Crippen LogP contribution in [0.3, 0.4) is 0 Å². The van der Waals surface area contributed by atoms with Crippen LogP contribution in [0.15, 0.2) is 48.5 Å². The molecule has 0 fully saturated rings. The molecule has 0 aliphatic carbocycles. The minimum absolute atomic E-state index is 0.162. The van der Waals surface area contributed by atoms with Crippen LogP contribution in [-0.4, -0.2) is 19.6 Å². The van der Waals surface area contributed by atoms with Crippen molar-refractivity contribution in [2.24, 2.45) is 0 Å². The van der Waals surface area contributed by atoms with Crippen molar-refractivity contribution in [3.05, 3.63) is 59.7 Å². The van der Waals surface area contributed by atoms with Crippen molar-refractivity contribution < 1.29 is 22.7 Å². The van der Waals surface area contributed by atoms with Crippen LogP contribution in [0.25, 0.3) is 0 Å². The zero-order chi connectivity index (χ0) is 18.3. The number of benzene rings is 2. The summed E-state index contributed by atoms with van der Waals surface area (Å²) in [6.45, 7) is 0.673. The third-order valence-electron chi connectivity index (χ3n) is 3.56. The number of hydrogen-bond acceptors (Lipinski definition) is 3. The first-order valence-corrected chi connectivity index (χ1v) is 7.70. The highest BCUT2D eigenvalue weighted by molar-refractivity contribution is 5.76. The number of hydrogen-bond donors (Lipinski definition) is 2. The first-order valence-electron chi connectivity index (χ1n) is 7.70. The number of methoxy groups -OCH3 is 1. The molecule has 0 aliphatic heterocycles. The van der Waals surface area contributed by atoms with Crippen molar-refractivity contribution in [1.29, 1.82) is 0 Å². The fourth-order valence-corrected chi connectivity index (χ4v) is 2.23. The third kappa shape index (κ3) is 5.70. The molecule has 134 valence electrons. The van der Waals surface area contributed by atoms with E-state index in [9.17, 15) is 18.0 Å². The molecule has 4 nitrogen and oxygen atoms in total. The van der Waals surface area contributed by atoms with Crippen LogP contribution in [0.5, 0.6) is 5.75 Å². The molecule has 0 atom stereocenters. The Kier molecular flexibility index (Phi) is 6.27. The van der Waals surface area contributed by atoms with Gasteiger partial charge in [0.15, 0.2) is 0 Å². The fourth-order valence-electron chi connectivity index (χ4n) is 2.23. The largest absolute Gasteiger partial charge is 0.496 e. The highest BCUT2D eigenvalue weighted by atomic mass is 19.4. The van der Waals surface area contributed by atoms with E-state index in [0.29, 0.717) is 24.5 Å². The summed E-state index contributed by atoms with van der Waals surface area (Å²) in [4.78, 5) is 11.9. The van der Waals surface area contributed by atoms with Crippen LogP contribution in [0.1, 0.15) is 17.5 Å². The summed E-state index contributed by atoms with van der Waals surface area (Å²) >= 11 is 0. The maximum absolute atomic E-state index is 12.5. The van der Waals surface area contributed by atoms with Gasteiger partial charge in [0.1, 0.15) is 5.75 Å². The quantitative estimate of drug-likeness (QED) is 0.796. The first-order chi connectivity index (χ1) is 11.9. The van der Waals surface area contributed by atoms with Crippen LogP contribution in [0, 0.1) is 0 Å². The molecule has 0 saturated heterocycles. The number of amides is 1. The molecular formula is C18H19F3N2O2. The Morgan fingerprint density at radius 2 is 1.76 bits per heavy atom. The van der Waals surface area contributed by atoms with E-state index in [-0.39, 0.29) is 12.3 Å². The van der Waals surface area contributed by atoms with Gasteiger partial charge in [-0.05, 0) is 30.3 Å². The molecule has 2 aromatic carbocycles. The van der Waals surface area contributed by atoms with Crippen LogP contribution in [0.2, 0.25) is 0 Å². The van der Waals surface area contributed by atoms with Gasteiger partial charge in [-0.25, -0.2) is 0 Å². The summed E-state index contributed by atoms with van der Waals surface area (Å²) in [5.41, 5.74) is 0.701. The minimum Gasteiger partial charge on any atom is -0.496 e. The van der Waals surface area contributed by atoms with Gasteiger partial charge in [0.05, 0.1) is 12.7 Å². The number of ether oxygens (including phenoxy) is 1. The minimum atomic E-state index is -4.35. The van der Waals surface area contributed by atoms with E-state index in [1.807, 2.05) is 24.3 Å². The molecule has 7 heteroatoms.